The van der Waals surface area contributed by atoms with Crippen LogP contribution in [-0.2, 0) is 4.79 Å². The summed E-state index contributed by atoms with van der Waals surface area (Å²) < 4.78 is 5.47. The van der Waals surface area contributed by atoms with Gasteiger partial charge in [0.15, 0.2) is 0 Å². The number of hydrogen-bond donors (Lipinski definition) is 1. The minimum absolute atomic E-state index is 0.308. The normalized spacial score (nSPS) is 16.4. The Labute approximate surface area is 175 Å². The van der Waals surface area contributed by atoms with Crippen LogP contribution in [0.4, 0.5) is 4.79 Å². The molecule has 2 aromatic carbocycles. The number of amides is 3. The Morgan fingerprint density at radius 1 is 1.07 bits per heavy atom. The van der Waals surface area contributed by atoms with E-state index in [1.807, 2.05) is 75.4 Å². The Morgan fingerprint density at radius 3 is 2.33 bits per heavy atom. The molecule has 152 valence electrons. The van der Waals surface area contributed by atoms with E-state index in [2.05, 4.69) is 5.16 Å². The van der Waals surface area contributed by atoms with Crippen molar-refractivity contribution in [3.63, 3.8) is 0 Å². The van der Waals surface area contributed by atoms with Crippen molar-refractivity contribution in [3.8, 4) is 22.4 Å². The van der Waals surface area contributed by atoms with Crippen molar-refractivity contribution in [1.29, 1.82) is 0 Å². The van der Waals surface area contributed by atoms with Gasteiger partial charge in [0.25, 0.3) is 5.91 Å². The first-order valence-electron chi connectivity index (χ1n) is 9.88. The number of imide groups is 1. The fourth-order valence-corrected chi connectivity index (χ4v) is 4.18. The van der Waals surface area contributed by atoms with Crippen molar-refractivity contribution in [1.82, 2.24) is 10.1 Å². The van der Waals surface area contributed by atoms with Crippen LogP contribution in [0.2, 0.25) is 0 Å². The number of aryl methyl sites for hydroxylation is 1. The quantitative estimate of drug-likeness (QED) is 0.666. The Balaban J connectivity index is 1.75. The molecule has 0 radical (unpaired) electrons. The molecule has 6 nitrogen and oxygen atoms in total. The zero-order chi connectivity index (χ0) is 21.4. The van der Waals surface area contributed by atoms with Gasteiger partial charge in [-0.25, -0.2) is 9.69 Å². The minimum atomic E-state index is -0.738. The van der Waals surface area contributed by atoms with Gasteiger partial charge in [0.05, 0.1) is 11.6 Å². The summed E-state index contributed by atoms with van der Waals surface area (Å²) in [6, 6.07) is 16.4. The molecule has 0 fully saturated rings. The van der Waals surface area contributed by atoms with Crippen LogP contribution in [0.25, 0.3) is 22.4 Å². The van der Waals surface area contributed by atoms with E-state index in [4.69, 9.17) is 10.3 Å². The Bertz CT molecular complexity index is 1140. The van der Waals surface area contributed by atoms with E-state index in [-0.39, 0.29) is 5.91 Å². The van der Waals surface area contributed by atoms with E-state index in [0.717, 1.165) is 44.2 Å². The lowest BCUT2D eigenvalue weighted by Gasteiger charge is -2.23. The molecule has 1 aromatic heterocycles. The van der Waals surface area contributed by atoms with Crippen LogP contribution >= 0.6 is 0 Å². The third-order valence-electron chi connectivity index (χ3n) is 5.64. The first-order chi connectivity index (χ1) is 14.4. The van der Waals surface area contributed by atoms with Crippen molar-refractivity contribution >= 4 is 11.9 Å². The standard InChI is InChI=1S/C24H23N3O3/c1-4-19-14(2)22(27(23(19)28)24(25)29)18-12-10-16(11-13-18)20-15(3)30-26-21(20)17-8-6-5-7-9-17/h5-13,22H,4H2,1-3H3,(H2,25,29). The molecular weight excluding hydrogens is 378 g/mol. The number of carbonyl (C=O) groups is 2. The van der Waals surface area contributed by atoms with E-state index in [1.54, 1.807) is 0 Å². The van der Waals surface area contributed by atoms with E-state index in [0.29, 0.717) is 12.0 Å². The van der Waals surface area contributed by atoms with Gasteiger partial charge in [-0.3, -0.25) is 4.79 Å². The van der Waals surface area contributed by atoms with Crippen LogP contribution in [-0.4, -0.2) is 22.0 Å². The van der Waals surface area contributed by atoms with Crippen LogP contribution in [0.1, 0.15) is 37.6 Å². The smallest absolute Gasteiger partial charge is 0.322 e. The van der Waals surface area contributed by atoms with Crippen molar-refractivity contribution in [2.75, 3.05) is 0 Å². The first kappa shape index (κ1) is 19.6. The molecule has 0 bridgehead atoms. The van der Waals surface area contributed by atoms with Gasteiger partial charge in [0, 0.05) is 11.1 Å². The summed E-state index contributed by atoms with van der Waals surface area (Å²) >= 11 is 0. The maximum atomic E-state index is 12.6. The lowest BCUT2D eigenvalue weighted by molar-refractivity contribution is -0.124. The third kappa shape index (κ3) is 3.10. The number of primary amides is 1. The van der Waals surface area contributed by atoms with E-state index >= 15 is 0 Å². The highest BCUT2D eigenvalue weighted by atomic mass is 16.5. The summed E-state index contributed by atoms with van der Waals surface area (Å²) in [5.41, 5.74) is 11.5. The molecular formula is C24H23N3O3. The molecule has 3 aromatic rings. The largest absolute Gasteiger partial charge is 0.360 e. The molecule has 3 amide bonds. The number of hydrogen-bond acceptors (Lipinski definition) is 4. The van der Waals surface area contributed by atoms with Gasteiger partial charge in [-0.15, -0.1) is 0 Å². The molecule has 2 heterocycles. The SMILES string of the molecule is CCC1=C(C)C(c2ccc(-c3c(-c4ccccc4)noc3C)cc2)N(C(N)=O)C1=O. The van der Waals surface area contributed by atoms with Gasteiger partial charge in [-0.05, 0) is 37.0 Å². The van der Waals surface area contributed by atoms with Crippen LogP contribution < -0.4 is 5.73 Å². The highest BCUT2D eigenvalue weighted by Gasteiger charge is 2.40. The van der Waals surface area contributed by atoms with Crippen LogP contribution in [0, 0.1) is 6.92 Å². The molecule has 1 atom stereocenters. The van der Waals surface area contributed by atoms with Crippen LogP contribution in [0.5, 0.6) is 0 Å². The number of nitrogens with zero attached hydrogens (tertiary/aromatic N) is 2. The highest BCUT2D eigenvalue weighted by Crippen LogP contribution is 2.40. The summed E-state index contributed by atoms with van der Waals surface area (Å²) in [7, 11) is 0. The molecule has 1 aliphatic rings. The fraction of sp³-hybridized carbons (Fsp3) is 0.208. The van der Waals surface area contributed by atoms with Crippen molar-refractivity contribution in [3.05, 3.63) is 77.1 Å². The monoisotopic (exact) mass is 401 g/mol. The number of carbonyl (C=O) groups excluding carboxylic acids is 2. The van der Waals surface area contributed by atoms with Crippen LogP contribution in [0.3, 0.4) is 0 Å². The molecule has 2 N–H and O–H groups in total. The molecule has 1 unspecified atom stereocenters. The maximum Gasteiger partial charge on any atom is 0.322 e. The molecule has 6 heteroatoms. The Kier molecular flexibility index (Phi) is 4.99. The number of benzene rings is 2. The first-order valence-corrected chi connectivity index (χ1v) is 9.88. The molecule has 0 spiro atoms. The molecule has 0 aliphatic carbocycles. The second kappa shape index (κ2) is 7.63. The number of urea groups is 1. The molecule has 30 heavy (non-hydrogen) atoms. The minimum Gasteiger partial charge on any atom is -0.360 e. The lowest BCUT2D eigenvalue weighted by atomic mass is 9.94. The fourth-order valence-electron chi connectivity index (χ4n) is 4.18. The second-order valence-corrected chi connectivity index (χ2v) is 7.38. The summed E-state index contributed by atoms with van der Waals surface area (Å²) in [4.78, 5) is 25.7. The molecule has 1 aliphatic heterocycles. The van der Waals surface area contributed by atoms with Gasteiger partial charge in [-0.1, -0.05) is 66.7 Å². The summed E-state index contributed by atoms with van der Waals surface area (Å²) in [6.07, 6.45) is 0.559. The maximum absolute atomic E-state index is 12.6. The second-order valence-electron chi connectivity index (χ2n) is 7.38. The summed E-state index contributed by atoms with van der Waals surface area (Å²) in [5, 5.41) is 4.24. The van der Waals surface area contributed by atoms with Gasteiger partial charge in [0.2, 0.25) is 0 Å². The average Bonchev–Trinajstić information content (AvgIpc) is 3.25. The number of aromatic nitrogens is 1. The van der Waals surface area contributed by atoms with Crippen molar-refractivity contribution in [2.45, 2.75) is 33.2 Å². The lowest BCUT2D eigenvalue weighted by Crippen LogP contribution is -2.40. The van der Waals surface area contributed by atoms with Gasteiger partial charge >= 0.3 is 6.03 Å². The zero-order valence-electron chi connectivity index (χ0n) is 17.2. The van der Waals surface area contributed by atoms with Crippen molar-refractivity contribution in [2.24, 2.45) is 5.73 Å². The van der Waals surface area contributed by atoms with Gasteiger partial charge < -0.3 is 10.3 Å². The predicted molar refractivity (Wildman–Crippen MR) is 114 cm³/mol. The number of nitrogens with two attached hydrogens (primary N) is 1. The van der Waals surface area contributed by atoms with Crippen molar-refractivity contribution < 1.29 is 14.1 Å². The molecule has 4 rings (SSSR count). The van der Waals surface area contributed by atoms with Gasteiger partial charge in [0.1, 0.15) is 11.5 Å². The zero-order valence-corrected chi connectivity index (χ0v) is 17.2. The highest BCUT2D eigenvalue weighted by molar-refractivity contribution is 6.07. The Hall–Kier alpha value is -3.67. The van der Waals surface area contributed by atoms with Gasteiger partial charge in [-0.2, -0.15) is 0 Å². The molecule has 0 saturated carbocycles. The third-order valence-corrected chi connectivity index (χ3v) is 5.64. The topological polar surface area (TPSA) is 89.4 Å². The molecule has 0 saturated heterocycles. The van der Waals surface area contributed by atoms with Crippen LogP contribution in [0.15, 0.2) is 70.3 Å². The van der Waals surface area contributed by atoms with E-state index in [1.165, 1.54) is 0 Å². The predicted octanol–water partition coefficient (Wildman–Crippen LogP) is 5.01. The number of rotatable bonds is 4. The summed E-state index contributed by atoms with van der Waals surface area (Å²) in [6.45, 7) is 5.67. The average molecular weight is 401 g/mol. The Morgan fingerprint density at radius 2 is 1.73 bits per heavy atom. The summed E-state index contributed by atoms with van der Waals surface area (Å²) in [5.74, 6) is 0.415. The van der Waals surface area contributed by atoms with E-state index in [9.17, 15) is 9.59 Å². The van der Waals surface area contributed by atoms with E-state index < -0.39 is 12.1 Å².